The Hall–Kier alpha value is -2.81. The van der Waals surface area contributed by atoms with Crippen LogP contribution in [0.4, 0.5) is 0 Å². The molecule has 0 amide bonds. The third-order valence-corrected chi connectivity index (χ3v) is 3.13. The highest BCUT2D eigenvalue weighted by atomic mass is 16.5. The van der Waals surface area contributed by atoms with Crippen molar-refractivity contribution < 1.29 is 14.3 Å². The third kappa shape index (κ3) is 3.64. The zero-order valence-corrected chi connectivity index (χ0v) is 12.8. The predicted octanol–water partition coefficient (Wildman–Crippen LogP) is 4.67. The molecule has 0 bridgehead atoms. The van der Waals surface area contributed by atoms with E-state index in [-0.39, 0.29) is 0 Å². The first-order valence-corrected chi connectivity index (χ1v) is 6.87. The predicted molar refractivity (Wildman–Crippen MR) is 87.9 cm³/mol. The summed E-state index contributed by atoms with van der Waals surface area (Å²) in [6.07, 6.45) is 1.41. The smallest absolute Gasteiger partial charge is 0.338 e. The molecule has 0 aliphatic heterocycles. The molecule has 2 aromatic rings. The third-order valence-electron chi connectivity index (χ3n) is 3.13. The van der Waals surface area contributed by atoms with Crippen LogP contribution in [0.2, 0.25) is 0 Å². The summed E-state index contributed by atoms with van der Waals surface area (Å²) < 4.78 is 10.5. The molecule has 0 atom stereocenters. The van der Waals surface area contributed by atoms with Crippen LogP contribution in [0.3, 0.4) is 0 Å². The van der Waals surface area contributed by atoms with Gasteiger partial charge in [-0.1, -0.05) is 31.4 Å². The highest BCUT2D eigenvalue weighted by molar-refractivity contribution is 5.88. The van der Waals surface area contributed by atoms with Crippen molar-refractivity contribution in [3.63, 3.8) is 0 Å². The standard InChI is InChI=1S/C19H18O3/c1-5-21-18-11-8-16(12-14(18)4)15-6-9-17(10-7-15)22-19(20)13(2)3/h5-12H,1-2H2,3-4H3. The maximum atomic E-state index is 11.5. The molecule has 3 nitrogen and oxygen atoms in total. The van der Waals surface area contributed by atoms with Gasteiger partial charge in [-0.05, 0) is 54.8 Å². The fourth-order valence-corrected chi connectivity index (χ4v) is 1.96. The first-order chi connectivity index (χ1) is 10.5. The molecule has 2 aromatic carbocycles. The second kappa shape index (κ2) is 6.76. The average Bonchev–Trinajstić information content (AvgIpc) is 2.50. The Morgan fingerprint density at radius 2 is 1.73 bits per heavy atom. The molecule has 0 spiro atoms. The van der Waals surface area contributed by atoms with Crippen LogP contribution in [0.25, 0.3) is 11.1 Å². The molecule has 0 saturated heterocycles. The molecular weight excluding hydrogens is 276 g/mol. The average molecular weight is 294 g/mol. The molecule has 2 rings (SSSR count). The molecule has 0 unspecified atom stereocenters. The van der Waals surface area contributed by atoms with Crippen LogP contribution in [0.1, 0.15) is 12.5 Å². The lowest BCUT2D eigenvalue weighted by Gasteiger charge is -2.09. The summed E-state index contributed by atoms with van der Waals surface area (Å²) in [6.45, 7) is 10.7. The molecule has 22 heavy (non-hydrogen) atoms. The number of esters is 1. The number of carbonyl (C=O) groups is 1. The summed E-state index contributed by atoms with van der Waals surface area (Å²) in [5, 5.41) is 0. The molecule has 0 fully saturated rings. The van der Waals surface area contributed by atoms with E-state index < -0.39 is 5.97 Å². The van der Waals surface area contributed by atoms with Crippen molar-refractivity contribution in [2.75, 3.05) is 0 Å². The van der Waals surface area contributed by atoms with Crippen molar-refractivity contribution in [3.05, 3.63) is 73.0 Å². The Kier molecular flexibility index (Phi) is 4.79. The van der Waals surface area contributed by atoms with E-state index in [4.69, 9.17) is 9.47 Å². The number of hydrogen-bond acceptors (Lipinski definition) is 3. The van der Waals surface area contributed by atoms with Gasteiger partial charge in [-0.3, -0.25) is 0 Å². The van der Waals surface area contributed by atoms with Gasteiger partial charge in [0.1, 0.15) is 11.5 Å². The van der Waals surface area contributed by atoms with E-state index >= 15 is 0 Å². The molecule has 3 heteroatoms. The summed E-state index contributed by atoms with van der Waals surface area (Å²) in [4.78, 5) is 11.5. The van der Waals surface area contributed by atoms with E-state index in [2.05, 4.69) is 13.2 Å². The van der Waals surface area contributed by atoms with E-state index in [0.717, 1.165) is 22.4 Å². The van der Waals surface area contributed by atoms with E-state index in [0.29, 0.717) is 11.3 Å². The van der Waals surface area contributed by atoms with Gasteiger partial charge in [-0.25, -0.2) is 4.79 Å². The van der Waals surface area contributed by atoms with Crippen LogP contribution in [-0.2, 0) is 4.79 Å². The SMILES string of the molecule is C=COc1ccc(-c2ccc(OC(=O)C(=C)C)cc2)cc1C. The zero-order chi connectivity index (χ0) is 16.1. The van der Waals surface area contributed by atoms with Crippen molar-refractivity contribution >= 4 is 5.97 Å². The molecule has 0 saturated carbocycles. The quantitative estimate of drug-likeness (QED) is 0.348. The minimum Gasteiger partial charge on any atom is -0.465 e. The maximum Gasteiger partial charge on any atom is 0.338 e. The van der Waals surface area contributed by atoms with Gasteiger partial charge >= 0.3 is 5.97 Å². The number of carbonyl (C=O) groups excluding carboxylic acids is 1. The van der Waals surface area contributed by atoms with Gasteiger partial charge < -0.3 is 9.47 Å². The van der Waals surface area contributed by atoms with E-state index in [9.17, 15) is 4.79 Å². The minimum absolute atomic E-state index is 0.373. The molecule has 0 aromatic heterocycles. The van der Waals surface area contributed by atoms with Crippen LogP contribution in [0.15, 0.2) is 67.5 Å². The number of ether oxygens (including phenoxy) is 2. The fourth-order valence-electron chi connectivity index (χ4n) is 1.96. The first kappa shape index (κ1) is 15.6. The molecule has 0 radical (unpaired) electrons. The highest BCUT2D eigenvalue weighted by Gasteiger charge is 2.06. The van der Waals surface area contributed by atoms with Crippen LogP contribution < -0.4 is 9.47 Å². The normalized spacial score (nSPS) is 9.91. The van der Waals surface area contributed by atoms with Crippen LogP contribution in [-0.4, -0.2) is 5.97 Å². The minimum atomic E-state index is -0.422. The molecule has 112 valence electrons. The van der Waals surface area contributed by atoms with Crippen molar-refractivity contribution in [3.8, 4) is 22.6 Å². The monoisotopic (exact) mass is 294 g/mol. The van der Waals surface area contributed by atoms with Crippen molar-refractivity contribution in [1.82, 2.24) is 0 Å². The van der Waals surface area contributed by atoms with Crippen molar-refractivity contribution in [2.45, 2.75) is 13.8 Å². The second-order valence-corrected chi connectivity index (χ2v) is 4.96. The molecular formula is C19H18O3. The van der Waals surface area contributed by atoms with Gasteiger partial charge in [0.25, 0.3) is 0 Å². The Bertz CT molecular complexity index is 712. The fraction of sp³-hybridized carbons (Fsp3) is 0.105. The first-order valence-electron chi connectivity index (χ1n) is 6.87. The van der Waals surface area contributed by atoms with Gasteiger partial charge in [-0.2, -0.15) is 0 Å². The van der Waals surface area contributed by atoms with E-state index in [1.807, 2.05) is 37.3 Å². The summed E-state index contributed by atoms with van der Waals surface area (Å²) in [5.74, 6) is 0.861. The lowest BCUT2D eigenvalue weighted by Crippen LogP contribution is -2.07. The zero-order valence-electron chi connectivity index (χ0n) is 12.8. The van der Waals surface area contributed by atoms with Gasteiger partial charge in [0.05, 0.1) is 6.26 Å². The molecule has 0 heterocycles. The Morgan fingerprint density at radius 3 is 2.27 bits per heavy atom. The number of aryl methyl sites for hydroxylation is 1. The van der Waals surface area contributed by atoms with Gasteiger partial charge in [0.2, 0.25) is 0 Å². The molecule has 0 aliphatic carbocycles. The van der Waals surface area contributed by atoms with Crippen LogP contribution in [0, 0.1) is 6.92 Å². The lowest BCUT2D eigenvalue weighted by atomic mass is 10.0. The van der Waals surface area contributed by atoms with E-state index in [1.165, 1.54) is 6.26 Å². The van der Waals surface area contributed by atoms with Gasteiger partial charge in [-0.15, -0.1) is 0 Å². The molecule has 0 N–H and O–H groups in total. The second-order valence-electron chi connectivity index (χ2n) is 4.96. The largest absolute Gasteiger partial charge is 0.465 e. The van der Waals surface area contributed by atoms with Gasteiger partial charge in [0, 0.05) is 5.57 Å². The Morgan fingerprint density at radius 1 is 1.09 bits per heavy atom. The van der Waals surface area contributed by atoms with Crippen molar-refractivity contribution in [2.24, 2.45) is 0 Å². The lowest BCUT2D eigenvalue weighted by molar-refractivity contribution is -0.130. The Labute approximate surface area is 130 Å². The summed E-state index contributed by atoms with van der Waals surface area (Å²) in [5.41, 5.74) is 3.49. The van der Waals surface area contributed by atoms with Gasteiger partial charge in [0.15, 0.2) is 0 Å². The van der Waals surface area contributed by atoms with Crippen LogP contribution >= 0.6 is 0 Å². The van der Waals surface area contributed by atoms with Crippen LogP contribution in [0.5, 0.6) is 11.5 Å². The topological polar surface area (TPSA) is 35.5 Å². The van der Waals surface area contributed by atoms with Crippen molar-refractivity contribution in [1.29, 1.82) is 0 Å². The highest BCUT2D eigenvalue weighted by Crippen LogP contribution is 2.27. The summed E-state index contributed by atoms with van der Waals surface area (Å²) in [7, 11) is 0. The number of hydrogen-bond donors (Lipinski definition) is 0. The number of benzene rings is 2. The summed E-state index contributed by atoms with van der Waals surface area (Å²) >= 11 is 0. The number of rotatable bonds is 5. The molecule has 0 aliphatic rings. The maximum absolute atomic E-state index is 11.5. The summed E-state index contributed by atoms with van der Waals surface area (Å²) in [6, 6.07) is 13.3. The Balaban J connectivity index is 2.20. The van der Waals surface area contributed by atoms with E-state index in [1.54, 1.807) is 19.1 Å².